The van der Waals surface area contributed by atoms with Gasteiger partial charge in [0.1, 0.15) is 0 Å². The second kappa shape index (κ2) is 5.46. The number of amides is 1. The summed E-state index contributed by atoms with van der Waals surface area (Å²) in [5, 5.41) is 2.72. The molecule has 1 unspecified atom stereocenters. The molecule has 0 bridgehead atoms. The average molecular weight is 234 g/mol. The van der Waals surface area contributed by atoms with Crippen LogP contribution in [-0.2, 0) is 14.6 Å². The van der Waals surface area contributed by atoms with Crippen LogP contribution in [0.3, 0.4) is 0 Å². The number of carbonyl (C=O) groups is 1. The van der Waals surface area contributed by atoms with E-state index in [-0.39, 0.29) is 23.3 Å². The van der Waals surface area contributed by atoms with Crippen molar-refractivity contribution in [2.75, 3.05) is 24.6 Å². The van der Waals surface area contributed by atoms with E-state index in [4.69, 9.17) is 5.73 Å². The maximum Gasteiger partial charge on any atom is 0.220 e. The lowest BCUT2D eigenvalue weighted by atomic mass is 10.1. The van der Waals surface area contributed by atoms with Gasteiger partial charge in [0.15, 0.2) is 9.84 Å². The van der Waals surface area contributed by atoms with E-state index in [2.05, 4.69) is 5.32 Å². The Labute approximate surface area is 90.3 Å². The monoisotopic (exact) mass is 234 g/mol. The summed E-state index contributed by atoms with van der Waals surface area (Å²) in [6.07, 6.45) is 1.70. The molecule has 1 fully saturated rings. The van der Waals surface area contributed by atoms with E-state index in [1.165, 1.54) is 0 Å². The molecule has 0 aliphatic carbocycles. The number of hydrogen-bond donors (Lipinski definition) is 2. The molecule has 0 aromatic rings. The Kier molecular flexibility index (Phi) is 4.53. The molecule has 5 nitrogen and oxygen atoms in total. The predicted molar refractivity (Wildman–Crippen MR) is 58.1 cm³/mol. The zero-order valence-corrected chi connectivity index (χ0v) is 9.55. The first-order valence-electron chi connectivity index (χ1n) is 5.20. The second-order valence-electron chi connectivity index (χ2n) is 3.97. The van der Waals surface area contributed by atoms with Crippen molar-refractivity contribution in [3.63, 3.8) is 0 Å². The highest BCUT2D eigenvalue weighted by atomic mass is 32.2. The normalized spacial score (nSPS) is 23.9. The van der Waals surface area contributed by atoms with Crippen molar-refractivity contribution < 1.29 is 13.2 Å². The summed E-state index contributed by atoms with van der Waals surface area (Å²) in [6, 6.07) is 0. The van der Waals surface area contributed by atoms with E-state index in [0.29, 0.717) is 25.9 Å². The first-order valence-corrected chi connectivity index (χ1v) is 7.03. The predicted octanol–water partition coefficient (Wildman–Crippen LogP) is -0.724. The summed E-state index contributed by atoms with van der Waals surface area (Å²) < 4.78 is 22.3. The van der Waals surface area contributed by atoms with Crippen LogP contribution < -0.4 is 11.1 Å². The molecule has 1 heterocycles. The van der Waals surface area contributed by atoms with Gasteiger partial charge in [-0.3, -0.25) is 4.79 Å². The second-order valence-corrected chi connectivity index (χ2v) is 6.19. The highest BCUT2D eigenvalue weighted by Crippen LogP contribution is 2.21. The van der Waals surface area contributed by atoms with Gasteiger partial charge < -0.3 is 11.1 Å². The number of rotatable bonds is 5. The highest BCUT2D eigenvalue weighted by molar-refractivity contribution is 7.91. The Hall–Kier alpha value is -0.620. The lowest BCUT2D eigenvalue weighted by Crippen LogP contribution is -2.28. The Morgan fingerprint density at radius 3 is 2.73 bits per heavy atom. The molecule has 1 aliphatic rings. The minimum atomic E-state index is -2.87. The van der Waals surface area contributed by atoms with Gasteiger partial charge in [0.2, 0.25) is 5.91 Å². The van der Waals surface area contributed by atoms with Gasteiger partial charge in [-0.25, -0.2) is 8.42 Å². The zero-order valence-electron chi connectivity index (χ0n) is 8.74. The van der Waals surface area contributed by atoms with Crippen LogP contribution in [0.25, 0.3) is 0 Å². The number of sulfone groups is 1. The van der Waals surface area contributed by atoms with Gasteiger partial charge >= 0.3 is 0 Å². The van der Waals surface area contributed by atoms with Crippen molar-refractivity contribution in [1.82, 2.24) is 5.32 Å². The minimum Gasteiger partial charge on any atom is -0.356 e. The van der Waals surface area contributed by atoms with Crippen LogP contribution in [0.15, 0.2) is 0 Å². The molecule has 1 atom stereocenters. The first-order chi connectivity index (χ1) is 7.03. The third kappa shape index (κ3) is 4.61. The molecule has 15 heavy (non-hydrogen) atoms. The van der Waals surface area contributed by atoms with Crippen LogP contribution in [0.2, 0.25) is 0 Å². The summed E-state index contributed by atoms with van der Waals surface area (Å²) in [5.74, 6) is 0.337. The Morgan fingerprint density at radius 2 is 2.20 bits per heavy atom. The van der Waals surface area contributed by atoms with Crippen molar-refractivity contribution in [2.45, 2.75) is 19.3 Å². The molecule has 1 amide bonds. The van der Waals surface area contributed by atoms with Crippen LogP contribution in [0, 0.1) is 5.92 Å². The zero-order chi connectivity index (χ0) is 11.3. The number of hydrogen-bond acceptors (Lipinski definition) is 4. The molecule has 0 spiro atoms. The van der Waals surface area contributed by atoms with Gasteiger partial charge in [-0.05, 0) is 25.3 Å². The maximum absolute atomic E-state index is 11.3. The van der Waals surface area contributed by atoms with E-state index in [1.807, 2.05) is 0 Å². The summed E-state index contributed by atoms with van der Waals surface area (Å²) in [4.78, 5) is 11.3. The van der Waals surface area contributed by atoms with Crippen LogP contribution >= 0.6 is 0 Å². The van der Waals surface area contributed by atoms with Crippen LogP contribution in [0.1, 0.15) is 19.3 Å². The fourth-order valence-electron chi connectivity index (χ4n) is 1.70. The number of nitrogens with one attached hydrogen (secondary N) is 1. The summed E-state index contributed by atoms with van der Waals surface area (Å²) in [7, 11) is -2.87. The first kappa shape index (κ1) is 12.4. The van der Waals surface area contributed by atoms with Crippen molar-refractivity contribution in [1.29, 1.82) is 0 Å². The van der Waals surface area contributed by atoms with E-state index in [0.717, 1.165) is 6.42 Å². The van der Waals surface area contributed by atoms with E-state index in [1.54, 1.807) is 0 Å². The molecule has 6 heteroatoms. The minimum absolute atomic E-state index is 0.00729. The fourth-order valence-corrected chi connectivity index (χ4v) is 3.56. The van der Waals surface area contributed by atoms with Gasteiger partial charge in [-0.15, -0.1) is 0 Å². The summed E-state index contributed by atoms with van der Waals surface area (Å²) >= 11 is 0. The molecule has 0 aromatic heterocycles. The highest BCUT2D eigenvalue weighted by Gasteiger charge is 2.29. The molecule has 0 aromatic carbocycles. The molecule has 1 rings (SSSR count). The molecule has 88 valence electrons. The quantitative estimate of drug-likeness (QED) is 0.614. The van der Waals surface area contributed by atoms with Gasteiger partial charge in [0.25, 0.3) is 0 Å². The van der Waals surface area contributed by atoms with Crippen LogP contribution in [-0.4, -0.2) is 38.9 Å². The Morgan fingerprint density at radius 1 is 1.47 bits per heavy atom. The molecule has 3 N–H and O–H groups in total. The van der Waals surface area contributed by atoms with Gasteiger partial charge in [0, 0.05) is 13.0 Å². The van der Waals surface area contributed by atoms with Crippen LogP contribution in [0.4, 0.5) is 0 Å². The third-order valence-electron chi connectivity index (χ3n) is 2.50. The molecular formula is C9H18N2O3S. The van der Waals surface area contributed by atoms with E-state index >= 15 is 0 Å². The maximum atomic E-state index is 11.3. The van der Waals surface area contributed by atoms with Gasteiger partial charge in [0.05, 0.1) is 11.5 Å². The van der Waals surface area contributed by atoms with Gasteiger partial charge in [-0.2, -0.15) is 0 Å². The van der Waals surface area contributed by atoms with Crippen molar-refractivity contribution in [3.8, 4) is 0 Å². The lowest BCUT2D eigenvalue weighted by Gasteiger charge is -2.07. The molecule has 0 saturated carbocycles. The van der Waals surface area contributed by atoms with E-state index in [9.17, 15) is 13.2 Å². The number of carbonyl (C=O) groups excluding carboxylic acids is 1. The SMILES string of the molecule is NCCCNC(=O)CC1CCS(=O)(=O)C1. The van der Waals surface area contributed by atoms with Crippen LogP contribution in [0.5, 0.6) is 0 Å². The smallest absolute Gasteiger partial charge is 0.220 e. The lowest BCUT2D eigenvalue weighted by molar-refractivity contribution is -0.121. The largest absolute Gasteiger partial charge is 0.356 e. The Balaban J connectivity index is 2.22. The average Bonchev–Trinajstić information content (AvgIpc) is 2.46. The van der Waals surface area contributed by atoms with Gasteiger partial charge in [-0.1, -0.05) is 0 Å². The standard InChI is InChI=1S/C9H18N2O3S/c10-3-1-4-11-9(12)6-8-2-5-15(13,14)7-8/h8H,1-7,10H2,(H,11,12). The van der Waals surface area contributed by atoms with Crippen molar-refractivity contribution in [2.24, 2.45) is 11.7 Å². The molecule has 0 radical (unpaired) electrons. The molecule has 1 saturated heterocycles. The molecular weight excluding hydrogens is 216 g/mol. The summed E-state index contributed by atoms with van der Waals surface area (Å²) in [5.41, 5.74) is 5.28. The third-order valence-corrected chi connectivity index (χ3v) is 4.34. The Bertz CT molecular complexity index is 313. The van der Waals surface area contributed by atoms with Crippen molar-refractivity contribution in [3.05, 3.63) is 0 Å². The summed E-state index contributed by atoms with van der Waals surface area (Å²) in [6.45, 7) is 1.13. The molecule has 1 aliphatic heterocycles. The fraction of sp³-hybridized carbons (Fsp3) is 0.889. The number of nitrogens with two attached hydrogens (primary N) is 1. The topological polar surface area (TPSA) is 89.3 Å². The van der Waals surface area contributed by atoms with Crippen molar-refractivity contribution >= 4 is 15.7 Å². The van der Waals surface area contributed by atoms with E-state index < -0.39 is 9.84 Å².